The monoisotopic (exact) mass is 364 g/mol. The fourth-order valence-corrected chi connectivity index (χ4v) is 4.80. The van der Waals surface area contributed by atoms with Crippen molar-refractivity contribution in [2.45, 2.75) is 49.1 Å². The zero-order valence-electron chi connectivity index (χ0n) is 14.1. The van der Waals surface area contributed by atoms with E-state index in [4.69, 9.17) is 4.74 Å². The Morgan fingerprint density at radius 3 is 2.56 bits per heavy atom. The summed E-state index contributed by atoms with van der Waals surface area (Å²) in [6, 6.07) is 7.33. The number of amides is 2. The van der Waals surface area contributed by atoms with Crippen molar-refractivity contribution in [1.82, 2.24) is 10.2 Å². The first-order valence-electron chi connectivity index (χ1n) is 7.97. The predicted octanol–water partition coefficient (Wildman–Crippen LogP) is 1.09. The molecule has 2 unspecified atom stereocenters. The third kappa shape index (κ3) is 3.06. The highest BCUT2D eigenvalue weighted by molar-refractivity contribution is 8.01. The minimum atomic E-state index is -1.03. The maximum absolute atomic E-state index is 12.4. The Morgan fingerprint density at radius 2 is 1.96 bits per heavy atom. The van der Waals surface area contributed by atoms with Gasteiger partial charge in [-0.15, -0.1) is 11.8 Å². The highest BCUT2D eigenvalue weighted by atomic mass is 32.2. The van der Waals surface area contributed by atoms with Crippen LogP contribution < -0.4 is 10.1 Å². The molecule has 4 atom stereocenters. The molecule has 2 aliphatic rings. The van der Waals surface area contributed by atoms with E-state index in [0.717, 1.165) is 0 Å². The second-order valence-electron chi connectivity index (χ2n) is 6.66. The number of fused-ring (bicyclic) bond motifs is 1. The second-order valence-corrected chi connectivity index (χ2v) is 8.43. The molecule has 2 N–H and O–H groups in total. The predicted molar refractivity (Wildman–Crippen MR) is 92.2 cm³/mol. The smallest absolute Gasteiger partial charge is 0.327 e. The molecule has 2 fully saturated rings. The van der Waals surface area contributed by atoms with Crippen molar-refractivity contribution in [1.29, 1.82) is 0 Å². The Morgan fingerprint density at radius 1 is 1.32 bits per heavy atom. The van der Waals surface area contributed by atoms with Crippen LogP contribution >= 0.6 is 11.8 Å². The van der Waals surface area contributed by atoms with Gasteiger partial charge in [-0.1, -0.05) is 18.2 Å². The van der Waals surface area contributed by atoms with E-state index in [-0.39, 0.29) is 11.3 Å². The molecule has 1 aromatic carbocycles. The SMILES string of the molecule is CC(Oc1ccccc1)C(=O)N[C@@H]1C(=O)N2C1SC(C)(C)[C@@H]2C(=O)O. The number of rotatable bonds is 5. The lowest BCUT2D eigenvalue weighted by Gasteiger charge is -2.43. The average Bonchev–Trinajstić information content (AvgIpc) is 2.81. The van der Waals surface area contributed by atoms with Crippen molar-refractivity contribution in [2.75, 3.05) is 0 Å². The average molecular weight is 364 g/mol. The summed E-state index contributed by atoms with van der Waals surface area (Å²) in [5, 5.41) is 11.7. The molecular formula is C17H20N2O5S. The first-order valence-corrected chi connectivity index (χ1v) is 8.85. The fourth-order valence-electron chi connectivity index (χ4n) is 3.17. The molecular weight excluding hydrogens is 344 g/mol. The van der Waals surface area contributed by atoms with Crippen LogP contribution in [0.25, 0.3) is 0 Å². The molecule has 0 radical (unpaired) electrons. The molecule has 8 heteroatoms. The molecule has 1 aromatic rings. The summed E-state index contributed by atoms with van der Waals surface area (Å²) in [5.41, 5.74) is 0. The van der Waals surface area contributed by atoms with Crippen molar-refractivity contribution in [3.63, 3.8) is 0 Å². The van der Waals surface area contributed by atoms with Gasteiger partial charge in [0.15, 0.2) is 6.10 Å². The number of carboxylic acids is 1. The van der Waals surface area contributed by atoms with E-state index < -0.39 is 34.8 Å². The zero-order chi connectivity index (χ0) is 18.4. The molecule has 2 saturated heterocycles. The van der Waals surface area contributed by atoms with Gasteiger partial charge in [0.25, 0.3) is 5.91 Å². The van der Waals surface area contributed by atoms with Crippen LogP contribution in [0.1, 0.15) is 20.8 Å². The normalized spacial score (nSPS) is 27.9. The summed E-state index contributed by atoms with van der Waals surface area (Å²) in [6.45, 7) is 5.19. The first-order chi connectivity index (χ1) is 11.7. The number of benzene rings is 1. The fraction of sp³-hybridized carbons (Fsp3) is 0.471. The largest absolute Gasteiger partial charge is 0.481 e. The number of aliphatic carboxylic acids is 1. The van der Waals surface area contributed by atoms with Crippen molar-refractivity contribution in [3.8, 4) is 5.75 Å². The third-order valence-electron chi connectivity index (χ3n) is 4.40. The number of β-lactam (4-membered cyclic amide) rings is 1. The quantitative estimate of drug-likeness (QED) is 0.759. The molecule has 25 heavy (non-hydrogen) atoms. The van der Waals surface area contributed by atoms with Gasteiger partial charge in [0.1, 0.15) is 23.2 Å². The Kier molecular flexibility index (Phi) is 4.40. The van der Waals surface area contributed by atoms with Crippen molar-refractivity contribution >= 4 is 29.5 Å². The topological polar surface area (TPSA) is 95.9 Å². The number of nitrogens with one attached hydrogen (secondary N) is 1. The molecule has 0 aromatic heterocycles. The van der Waals surface area contributed by atoms with Crippen LogP contribution in [0.3, 0.4) is 0 Å². The van der Waals surface area contributed by atoms with Crippen LogP contribution in [0.4, 0.5) is 0 Å². The molecule has 7 nitrogen and oxygen atoms in total. The number of para-hydroxylation sites is 1. The highest BCUT2D eigenvalue weighted by Gasteiger charge is 2.64. The van der Waals surface area contributed by atoms with Gasteiger partial charge < -0.3 is 20.1 Å². The summed E-state index contributed by atoms with van der Waals surface area (Å²) >= 11 is 1.39. The lowest BCUT2D eigenvalue weighted by molar-refractivity contribution is -0.161. The first kappa shape index (κ1) is 17.6. The number of ether oxygens (including phenoxy) is 1. The van der Waals surface area contributed by atoms with Crippen molar-refractivity contribution < 1.29 is 24.2 Å². The number of carboxylic acid groups (broad SMARTS) is 1. The second kappa shape index (κ2) is 6.25. The van der Waals surface area contributed by atoms with Gasteiger partial charge in [-0.3, -0.25) is 9.59 Å². The molecule has 2 aliphatic heterocycles. The van der Waals surface area contributed by atoms with Crippen LogP contribution in [-0.2, 0) is 14.4 Å². The van der Waals surface area contributed by atoms with Crippen LogP contribution in [-0.4, -0.2) is 56.1 Å². The molecule has 3 rings (SSSR count). The van der Waals surface area contributed by atoms with Crippen molar-refractivity contribution in [2.24, 2.45) is 0 Å². The highest BCUT2D eigenvalue weighted by Crippen LogP contribution is 2.50. The van der Waals surface area contributed by atoms with E-state index in [0.29, 0.717) is 5.75 Å². The standard InChI is InChI=1S/C17H20N2O5S/c1-9(24-10-7-5-4-6-8-10)13(20)18-11-14(21)19-12(16(22)23)17(2,3)25-15(11)19/h4-9,11-12,15H,1-3H3,(H,18,20)(H,22,23)/t9?,11-,12+,15?/m1/s1. The van der Waals surface area contributed by atoms with E-state index in [2.05, 4.69) is 5.32 Å². The van der Waals surface area contributed by atoms with Gasteiger partial charge >= 0.3 is 5.97 Å². The van der Waals surface area contributed by atoms with E-state index in [1.807, 2.05) is 6.07 Å². The summed E-state index contributed by atoms with van der Waals surface area (Å²) in [4.78, 5) is 37.5. The van der Waals surface area contributed by atoms with E-state index in [1.165, 1.54) is 16.7 Å². The number of nitrogens with zero attached hydrogens (tertiary/aromatic N) is 1. The Hall–Kier alpha value is -2.22. The minimum Gasteiger partial charge on any atom is -0.481 e. The Labute approximate surface area is 149 Å². The van der Waals surface area contributed by atoms with Crippen molar-refractivity contribution in [3.05, 3.63) is 30.3 Å². The zero-order valence-corrected chi connectivity index (χ0v) is 14.9. The Bertz CT molecular complexity index is 708. The molecule has 2 heterocycles. The molecule has 0 bridgehead atoms. The van der Waals surface area contributed by atoms with Gasteiger partial charge in [-0.25, -0.2) is 4.79 Å². The van der Waals surface area contributed by atoms with Crippen LogP contribution in [0.2, 0.25) is 0 Å². The molecule has 0 aliphatic carbocycles. The van der Waals surface area contributed by atoms with Gasteiger partial charge in [0.05, 0.1) is 0 Å². The number of thioether (sulfide) groups is 1. The van der Waals surface area contributed by atoms with Gasteiger partial charge in [0, 0.05) is 4.75 Å². The van der Waals surface area contributed by atoms with E-state index in [1.54, 1.807) is 45.0 Å². The van der Waals surface area contributed by atoms with Crippen LogP contribution in [0.5, 0.6) is 5.75 Å². The molecule has 2 amide bonds. The summed E-state index contributed by atoms with van der Waals surface area (Å²) < 4.78 is 4.94. The molecule has 0 saturated carbocycles. The van der Waals surface area contributed by atoms with E-state index in [9.17, 15) is 19.5 Å². The summed E-state index contributed by atoms with van der Waals surface area (Å²) in [5.74, 6) is -1.23. The van der Waals surface area contributed by atoms with Gasteiger partial charge in [-0.2, -0.15) is 0 Å². The number of carbonyl (C=O) groups excluding carboxylic acids is 2. The maximum atomic E-state index is 12.4. The maximum Gasteiger partial charge on any atom is 0.327 e. The number of carbonyl (C=O) groups is 3. The molecule has 0 spiro atoms. The summed E-state index contributed by atoms with van der Waals surface area (Å²) in [6.07, 6.45) is -0.765. The summed E-state index contributed by atoms with van der Waals surface area (Å²) in [7, 11) is 0. The van der Waals surface area contributed by atoms with Crippen LogP contribution in [0, 0.1) is 0 Å². The van der Waals surface area contributed by atoms with E-state index >= 15 is 0 Å². The van der Waals surface area contributed by atoms with Gasteiger partial charge in [0.2, 0.25) is 5.91 Å². The Balaban J connectivity index is 1.64. The van der Waals surface area contributed by atoms with Crippen LogP contribution in [0.15, 0.2) is 30.3 Å². The number of hydrogen-bond donors (Lipinski definition) is 2. The molecule has 134 valence electrons. The number of hydrogen-bond acceptors (Lipinski definition) is 5. The third-order valence-corrected chi connectivity index (χ3v) is 5.97. The minimum absolute atomic E-state index is 0.364. The lowest BCUT2D eigenvalue weighted by Crippen LogP contribution is -2.71. The van der Waals surface area contributed by atoms with Gasteiger partial charge in [-0.05, 0) is 32.9 Å². The lowest BCUT2D eigenvalue weighted by atomic mass is 9.96.